The third-order valence-corrected chi connectivity index (χ3v) is 3.55. The molecule has 0 unspecified atom stereocenters. The first-order chi connectivity index (χ1) is 7.43. The minimum atomic E-state index is 0.702. The van der Waals surface area contributed by atoms with E-state index in [0.717, 1.165) is 0 Å². The Kier molecular flexibility index (Phi) is 2.25. The maximum absolute atomic E-state index is 3.94. The Hall–Kier alpha value is -1.23. The van der Waals surface area contributed by atoms with Crippen molar-refractivity contribution in [1.82, 2.24) is 0 Å². The number of rotatable bonds is 2. The first kappa shape index (κ1) is 9.03. The van der Waals surface area contributed by atoms with Crippen molar-refractivity contribution in [2.45, 2.75) is 0 Å². The Morgan fingerprint density at radius 2 is 1.47 bits per heavy atom. The van der Waals surface area contributed by atoms with E-state index in [1.807, 2.05) is 14.1 Å². The van der Waals surface area contributed by atoms with Gasteiger partial charge in [0, 0.05) is 0 Å². The van der Waals surface area contributed by atoms with Gasteiger partial charge in [0.2, 0.25) is 0 Å². The molecule has 0 spiro atoms. The molecule has 0 aromatic carbocycles. The zero-order chi connectivity index (χ0) is 10.1. The van der Waals surface area contributed by atoms with Crippen LogP contribution in [0.2, 0.25) is 0 Å². The van der Waals surface area contributed by atoms with E-state index in [0.29, 0.717) is 13.1 Å². The van der Waals surface area contributed by atoms with Gasteiger partial charge in [0.25, 0.3) is 0 Å². The molecule has 0 saturated heterocycles. The molecule has 4 nitrogen and oxygen atoms in total. The number of hydrogen-bond donors (Lipinski definition) is 0. The van der Waals surface area contributed by atoms with Crippen molar-refractivity contribution < 1.29 is 0 Å². The average molecular weight is 212 g/mol. The molecular weight excluding hydrogens is 206 g/mol. The van der Waals surface area contributed by atoms with Crippen LogP contribution in [0, 0.1) is 0 Å². The predicted octanol–water partition coefficient (Wildman–Crippen LogP) is 0.959. The Labute approximate surface area is 92.0 Å². The molecular formula is C8H6B2N4S. The van der Waals surface area contributed by atoms with Crippen LogP contribution >= 0.6 is 11.3 Å². The molecule has 70 valence electrons. The van der Waals surface area contributed by atoms with Gasteiger partial charge < -0.3 is 0 Å². The molecule has 0 N–H and O–H groups in total. The molecule has 0 atom stereocenters. The van der Waals surface area contributed by atoms with Crippen LogP contribution in [0.4, 0.5) is 0 Å². The van der Waals surface area contributed by atoms with E-state index in [9.17, 15) is 0 Å². The van der Waals surface area contributed by atoms with Crippen molar-refractivity contribution in [2.24, 2.45) is 20.3 Å². The van der Waals surface area contributed by atoms with Crippen LogP contribution in [-0.2, 0) is 0 Å². The van der Waals surface area contributed by atoms with Crippen molar-refractivity contribution in [3.05, 3.63) is 21.9 Å². The summed E-state index contributed by atoms with van der Waals surface area (Å²) in [7, 11) is 3.65. The average Bonchev–Trinajstić information content (AvgIpc) is 3.02. The SMILES string of the molecule is B1=C(c2ccc(C3=BN=NC3)s2)CN=N1. The van der Waals surface area contributed by atoms with E-state index in [4.69, 9.17) is 0 Å². The third kappa shape index (κ3) is 1.67. The van der Waals surface area contributed by atoms with Crippen LogP contribution < -0.4 is 0 Å². The van der Waals surface area contributed by atoms with Crippen LogP contribution in [0.5, 0.6) is 0 Å². The van der Waals surface area contributed by atoms with E-state index in [1.54, 1.807) is 11.3 Å². The van der Waals surface area contributed by atoms with Gasteiger partial charge in [0.1, 0.15) is 0 Å². The maximum atomic E-state index is 3.94. The van der Waals surface area contributed by atoms with Gasteiger partial charge in [0.15, 0.2) is 0 Å². The number of nitrogens with zero attached hydrogens (tertiary/aromatic N) is 4. The molecule has 0 bridgehead atoms. The van der Waals surface area contributed by atoms with Crippen molar-refractivity contribution in [1.29, 1.82) is 0 Å². The van der Waals surface area contributed by atoms with E-state index < -0.39 is 0 Å². The molecule has 2 aliphatic rings. The van der Waals surface area contributed by atoms with E-state index in [-0.39, 0.29) is 0 Å². The topological polar surface area (TPSA) is 49.4 Å². The van der Waals surface area contributed by atoms with Gasteiger partial charge in [-0.3, -0.25) is 0 Å². The Balaban J connectivity index is 1.88. The summed E-state index contributed by atoms with van der Waals surface area (Å²) < 4.78 is 0. The first-order valence-corrected chi connectivity index (χ1v) is 5.47. The molecule has 1 aromatic heterocycles. The fourth-order valence-corrected chi connectivity index (χ4v) is 2.51. The van der Waals surface area contributed by atoms with Gasteiger partial charge in [-0.25, -0.2) is 0 Å². The second kappa shape index (κ2) is 3.73. The van der Waals surface area contributed by atoms with Crippen LogP contribution in [-0.4, -0.2) is 38.1 Å². The molecule has 3 heterocycles. The zero-order valence-electron chi connectivity index (χ0n) is 7.92. The fraction of sp³-hybridized carbons (Fsp3) is 0.250. The standard InChI is InChI=1S/C8H6B2N4S/c1-2-8(6-4-12-14-10-6)15-7(1)5-3-11-13-9-5/h1-2H,3-4H2. The van der Waals surface area contributed by atoms with Gasteiger partial charge >= 0.3 is 91.6 Å². The summed E-state index contributed by atoms with van der Waals surface area (Å²) in [5, 5.41) is 15.6. The molecule has 0 radical (unpaired) electrons. The fourth-order valence-electron chi connectivity index (χ4n) is 1.50. The molecule has 7 heteroatoms. The summed E-state index contributed by atoms with van der Waals surface area (Å²) >= 11 is 1.75. The van der Waals surface area contributed by atoms with Gasteiger partial charge in [-0.2, -0.15) is 0 Å². The van der Waals surface area contributed by atoms with Crippen molar-refractivity contribution >= 4 is 36.4 Å². The first-order valence-electron chi connectivity index (χ1n) is 4.65. The van der Waals surface area contributed by atoms with Gasteiger partial charge in [-0.15, -0.1) is 0 Å². The number of hydrogen-bond acceptors (Lipinski definition) is 5. The summed E-state index contributed by atoms with van der Waals surface area (Å²) in [6.07, 6.45) is 0. The van der Waals surface area contributed by atoms with E-state index >= 15 is 0 Å². The van der Waals surface area contributed by atoms with Gasteiger partial charge in [-0.1, -0.05) is 0 Å². The summed E-state index contributed by atoms with van der Waals surface area (Å²) in [5.41, 5.74) is 2.39. The van der Waals surface area contributed by atoms with Crippen LogP contribution in [0.3, 0.4) is 0 Å². The predicted molar refractivity (Wildman–Crippen MR) is 63.5 cm³/mol. The van der Waals surface area contributed by atoms with Gasteiger partial charge in [0.05, 0.1) is 0 Å². The minimum absolute atomic E-state index is 0.702. The molecule has 15 heavy (non-hydrogen) atoms. The summed E-state index contributed by atoms with van der Waals surface area (Å²) in [6, 6.07) is 4.22. The molecule has 1 aromatic rings. The summed E-state index contributed by atoms with van der Waals surface area (Å²) in [6.45, 7) is 1.40. The molecule has 0 saturated carbocycles. The normalized spacial score (nSPS) is 17.3. The van der Waals surface area contributed by atoms with E-state index in [2.05, 4.69) is 32.4 Å². The number of thiophene rings is 1. The Morgan fingerprint density at radius 3 is 1.87 bits per heavy atom. The van der Waals surface area contributed by atoms with Crippen molar-refractivity contribution in [3.63, 3.8) is 0 Å². The van der Waals surface area contributed by atoms with Crippen LogP contribution in [0.15, 0.2) is 32.4 Å². The Bertz CT molecular complexity index is 470. The molecule has 3 rings (SSSR count). The zero-order valence-corrected chi connectivity index (χ0v) is 8.74. The van der Waals surface area contributed by atoms with E-state index in [1.165, 1.54) is 20.7 Å². The van der Waals surface area contributed by atoms with Crippen LogP contribution in [0.1, 0.15) is 9.75 Å². The van der Waals surface area contributed by atoms with Crippen molar-refractivity contribution in [3.8, 4) is 0 Å². The molecule has 0 aliphatic carbocycles. The second-order valence-electron chi connectivity index (χ2n) is 3.30. The van der Waals surface area contributed by atoms with Crippen LogP contribution in [0.25, 0.3) is 0 Å². The molecule has 2 aliphatic heterocycles. The molecule has 0 fully saturated rings. The quantitative estimate of drug-likeness (QED) is 0.655. The summed E-state index contributed by atoms with van der Waals surface area (Å²) in [5.74, 6) is 0. The third-order valence-electron chi connectivity index (χ3n) is 2.31. The van der Waals surface area contributed by atoms with Gasteiger partial charge in [-0.05, 0) is 0 Å². The summed E-state index contributed by atoms with van der Waals surface area (Å²) in [4.78, 5) is 2.48. The monoisotopic (exact) mass is 212 g/mol. The molecule has 0 amide bonds. The van der Waals surface area contributed by atoms with Crippen molar-refractivity contribution in [2.75, 3.05) is 13.1 Å². The second-order valence-corrected chi connectivity index (χ2v) is 4.39. The Morgan fingerprint density at radius 1 is 0.933 bits per heavy atom.